The van der Waals surface area contributed by atoms with Crippen molar-refractivity contribution in [3.05, 3.63) is 0 Å². The van der Waals surface area contributed by atoms with E-state index in [9.17, 15) is 44.0 Å². The highest BCUT2D eigenvalue weighted by molar-refractivity contribution is 7.47. The van der Waals surface area contributed by atoms with Crippen molar-refractivity contribution in [2.75, 3.05) is 13.2 Å². The Morgan fingerprint density at radius 3 is 1.50 bits per heavy atom. The van der Waals surface area contributed by atoms with E-state index in [-0.39, 0.29) is 31.1 Å². The predicted molar refractivity (Wildman–Crippen MR) is 245 cm³/mol. The zero-order valence-electron chi connectivity index (χ0n) is 33.8. The zero-order chi connectivity index (χ0) is 43.9. The summed E-state index contributed by atoms with van der Waals surface area (Å²) in [5, 5.41) is 41.0. The summed E-state index contributed by atoms with van der Waals surface area (Å²) >= 11 is 0. The molecule has 0 spiro atoms. The molecule has 60 heavy (non-hydrogen) atoms. The van der Waals surface area contributed by atoms with Crippen LogP contribution in [0.1, 0.15) is 122 Å². The van der Waals surface area contributed by atoms with E-state index in [1.54, 1.807) is 6.92 Å². The lowest BCUT2D eigenvalue weighted by atomic mass is 9.85. The Morgan fingerprint density at radius 2 is 1.03 bits per heavy atom. The van der Waals surface area contributed by atoms with Gasteiger partial charge in [0.1, 0.15) is 43.2 Å². The third kappa shape index (κ3) is 26.9. The van der Waals surface area contributed by atoms with Gasteiger partial charge in [-0.1, -0.05) is 89.9 Å². The molecule has 0 saturated heterocycles. The first-order valence-electron chi connectivity index (χ1n) is 19.0. The second kappa shape index (κ2) is 32.6. The third-order valence-electron chi connectivity index (χ3n) is 8.14. The summed E-state index contributed by atoms with van der Waals surface area (Å²) in [7, 11) is -10.8. The summed E-state index contributed by atoms with van der Waals surface area (Å²) in [5.74, 6) is 31.5. The van der Waals surface area contributed by atoms with Gasteiger partial charge >= 0.3 is 27.6 Å². The van der Waals surface area contributed by atoms with E-state index in [1.165, 1.54) is 44.9 Å². The first-order valence-corrected chi connectivity index (χ1v) is 22.0. The monoisotopic (exact) mass is 906 g/mol. The standard InChI is InChI=1S/C41H52O16P2.H3N.13H2/c1-3-5-7-9-11-13-15-17-19-21-23-25-27-29-34(42)53-31-33(55-35(43)30-28-26-24-22-20-18-16-14-12-10-8-6-4-2)32-54-59(51,52)57-41-38(46)36(44)37(45)40(39(41)47)56-58(48,49)50;;;;;;;;;;;;;;/h33,36-41,44-47H,4,6,8,10,12,14,16,18,20,22,24,26,28,30-32H2,1-2H3,(H,51,52)(H2,48,49,50);1H3;13*1H/t33-,36-,37+,38?,39+,40?,41?;;;;;;;;;;;;;;/m1............../s1. The molecule has 10 N–H and O–H groups in total. The van der Waals surface area contributed by atoms with Crippen LogP contribution in [0.2, 0.25) is 0 Å². The van der Waals surface area contributed by atoms with Crippen LogP contribution in [-0.2, 0) is 41.8 Å². The second-order valence-electron chi connectivity index (χ2n) is 12.9. The molecule has 0 heterocycles. The molecule has 1 fully saturated rings. The number of rotatable bonds is 24. The van der Waals surface area contributed by atoms with Crippen molar-refractivity contribution < 1.29 is 95.4 Å². The van der Waals surface area contributed by atoms with E-state index < -0.39 is 83.5 Å². The topological polar surface area (TPSA) is 291 Å². The lowest BCUT2D eigenvalue weighted by Crippen LogP contribution is -2.64. The van der Waals surface area contributed by atoms with E-state index in [0.29, 0.717) is 6.42 Å². The fraction of sp³-hybridized carbons (Fsp3) is 0.610. The molecule has 1 aliphatic rings. The van der Waals surface area contributed by atoms with Gasteiger partial charge in [-0.25, -0.2) is 13.9 Å². The molecule has 1 rings (SSSR count). The number of aliphatic hydroxyl groups excluding tert-OH is 4. The van der Waals surface area contributed by atoms with Crippen molar-refractivity contribution >= 4 is 27.6 Å². The number of unbranched alkanes of at least 4 members (excludes halogenated alkanes) is 12. The quantitative estimate of drug-likeness (QED) is 0.0188. The van der Waals surface area contributed by atoms with Gasteiger partial charge in [-0.3, -0.25) is 18.4 Å². The molecule has 1 aliphatic carbocycles. The Hall–Kier alpha value is -4.12. The van der Waals surface area contributed by atoms with Crippen LogP contribution in [0.15, 0.2) is 0 Å². The van der Waals surface area contributed by atoms with Crippen LogP contribution < -0.4 is 6.15 Å². The minimum absolute atomic E-state index is 0. The molecule has 356 valence electrons. The predicted octanol–water partition coefficient (Wildman–Crippen LogP) is 5.76. The highest BCUT2D eigenvalue weighted by atomic mass is 31.2. The summed E-state index contributed by atoms with van der Waals surface area (Å²) in [6, 6.07) is 0. The Balaban J connectivity index is -0.000000207. The molecule has 0 radical (unpaired) electrons. The summed E-state index contributed by atoms with van der Waals surface area (Å²) in [4.78, 5) is 53.5. The number of carbonyl (C=O) groups is 2. The number of esters is 2. The highest BCUT2D eigenvalue weighted by Crippen LogP contribution is 2.49. The maximum absolute atomic E-state index is 12.9. The van der Waals surface area contributed by atoms with Gasteiger partial charge < -0.3 is 50.7 Å². The summed E-state index contributed by atoms with van der Waals surface area (Å²) in [6.07, 6.45) is -1.12. The molecule has 0 aromatic carbocycles. The normalized spacial score (nSPS) is 20.3. The molecule has 0 bridgehead atoms. The van der Waals surface area contributed by atoms with Crippen LogP contribution in [0.25, 0.3) is 0 Å². The summed E-state index contributed by atoms with van der Waals surface area (Å²) in [5.41, 5.74) is 0. The number of aliphatic hydroxyl groups is 4. The number of hydrogen-bond acceptors (Lipinski definition) is 14. The number of phosphoric acid groups is 2. The van der Waals surface area contributed by atoms with Gasteiger partial charge in [0.15, 0.2) is 6.10 Å². The first kappa shape index (κ1) is 55.9. The van der Waals surface area contributed by atoms with E-state index >= 15 is 0 Å². The Morgan fingerprint density at radius 1 is 0.600 bits per heavy atom. The number of ether oxygens (including phenoxy) is 2. The van der Waals surface area contributed by atoms with Crippen molar-refractivity contribution in [2.24, 2.45) is 0 Å². The maximum atomic E-state index is 12.9. The molecule has 17 nitrogen and oxygen atoms in total. The number of hydrogen-bond donors (Lipinski definition) is 8. The van der Waals surface area contributed by atoms with Crippen LogP contribution in [0.3, 0.4) is 0 Å². The van der Waals surface area contributed by atoms with Crippen LogP contribution in [-0.4, -0.2) is 103 Å². The molecular weight excluding hydrogens is 824 g/mol. The first-order chi connectivity index (χ1) is 28.1. The Bertz CT molecular complexity index is 1940. The van der Waals surface area contributed by atoms with Crippen molar-refractivity contribution in [3.8, 4) is 82.9 Å². The van der Waals surface area contributed by atoms with E-state index in [2.05, 4.69) is 94.3 Å². The van der Waals surface area contributed by atoms with Crippen LogP contribution >= 0.6 is 15.6 Å². The van der Waals surface area contributed by atoms with E-state index in [4.69, 9.17) is 28.3 Å². The van der Waals surface area contributed by atoms with Crippen LogP contribution in [0.4, 0.5) is 0 Å². The molecule has 1 saturated carbocycles. The van der Waals surface area contributed by atoms with Crippen LogP contribution in [0.5, 0.6) is 0 Å². The van der Waals surface area contributed by atoms with Gasteiger partial charge in [-0.2, -0.15) is 0 Å². The van der Waals surface area contributed by atoms with Crippen LogP contribution in [0, 0.1) is 82.9 Å². The SMILES string of the molecule is CC#CC#CC#CC#CC#CC#CC#CC(=O)OC[C@H](COP(=O)(O)OC1C(O)[C@H](O)[C@H](O)C(OP(=O)(O)O)[C@@H]1O)OC(=O)CCCCCCCCCCCCCCC.N.[HH].[HH].[HH].[HH].[HH].[HH].[HH].[HH].[HH].[HH].[HH].[HH].[HH]. The molecule has 19 heteroatoms. The molecule has 0 aromatic heterocycles. The molecule has 4 unspecified atom stereocenters. The van der Waals surface area contributed by atoms with Gasteiger partial charge in [-0.15, -0.1) is 0 Å². The average Bonchev–Trinajstić information content (AvgIpc) is 3.18. The fourth-order valence-corrected chi connectivity index (χ4v) is 6.80. The van der Waals surface area contributed by atoms with E-state index in [0.717, 1.165) is 32.1 Å². The molecule has 0 aliphatic heterocycles. The molecule has 0 aromatic rings. The second-order valence-corrected chi connectivity index (χ2v) is 15.5. The van der Waals surface area contributed by atoms with Gasteiger partial charge in [0.2, 0.25) is 0 Å². The summed E-state index contributed by atoms with van der Waals surface area (Å²) < 4.78 is 48.5. The third-order valence-corrected chi connectivity index (χ3v) is 9.65. The van der Waals surface area contributed by atoms with Gasteiger partial charge in [0.05, 0.1) is 6.61 Å². The molecular formula is C41H81NO16P2. The average molecular weight is 906 g/mol. The van der Waals surface area contributed by atoms with E-state index in [1.807, 2.05) is 0 Å². The lowest BCUT2D eigenvalue weighted by Gasteiger charge is -2.43. The van der Waals surface area contributed by atoms with Crippen molar-refractivity contribution in [3.63, 3.8) is 0 Å². The Kier molecular flexibility index (Phi) is 30.4. The highest BCUT2D eigenvalue weighted by Gasteiger charge is 2.54. The number of phosphoric ester groups is 2. The minimum Gasteiger partial charge on any atom is -0.456 e. The van der Waals surface area contributed by atoms with Gasteiger partial charge in [-0.05, 0) is 84.4 Å². The van der Waals surface area contributed by atoms with Crippen molar-refractivity contribution in [2.45, 2.75) is 146 Å². The smallest absolute Gasteiger partial charge is 0.456 e. The minimum atomic E-state index is -5.39. The van der Waals surface area contributed by atoms with Crippen molar-refractivity contribution in [1.82, 2.24) is 6.15 Å². The molecule has 8 atom stereocenters. The van der Waals surface area contributed by atoms with Crippen molar-refractivity contribution in [1.29, 1.82) is 0 Å². The lowest BCUT2D eigenvalue weighted by molar-refractivity contribution is -0.216. The molecule has 0 amide bonds. The zero-order valence-corrected chi connectivity index (χ0v) is 35.6. The maximum Gasteiger partial charge on any atom is 0.472 e. The Labute approximate surface area is 371 Å². The summed E-state index contributed by atoms with van der Waals surface area (Å²) in [6.45, 7) is 2.15. The largest absolute Gasteiger partial charge is 0.472 e. The fourth-order valence-electron chi connectivity index (χ4n) is 5.26. The van der Waals surface area contributed by atoms with Gasteiger partial charge in [0.25, 0.3) is 0 Å². The number of carbonyl (C=O) groups excluding carboxylic acids is 2. The van der Waals surface area contributed by atoms with Gasteiger partial charge in [0, 0.05) is 30.9 Å².